The highest BCUT2D eigenvalue weighted by atomic mass is 16.3. The van der Waals surface area contributed by atoms with E-state index in [2.05, 4.69) is 11.4 Å². The molecule has 0 amide bonds. The summed E-state index contributed by atoms with van der Waals surface area (Å²) in [5.74, 6) is 0.336. The summed E-state index contributed by atoms with van der Waals surface area (Å²) in [5, 5.41) is 13.8. The van der Waals surface area contributed by atoms with E-state index in [1.165, 1.54) is 5.56 Å². The third kappa shape index (κ3) is 3.06. The van der Waals surface area contributed by atoms with Crippen molar-refractivity contribution in [3.8, 4) is 0 Å². The Bertz CT molecular complexity index is 348. The Kier molecular flexibility index (Phi) is 4.54. The van der Waals surface area contributed by atoms with Crippen LogP contribution in [0.2, 0.25) is 0 Å². The molecule has 1 heterocycles. The zero-order valence-corrected chi connectivity index (χ0v) is 10.2. The molecule has 1 aromatic carbocycles. The van der Waals surface area contributed by atoms with Gasteiger partial charge in [0.15, 0.2) is 0 Å². The molecule has 3 nitrogen and oxygen atoms in total. The summed E-state index contributed by atoms with van der Waals surface area (Å²) in [4.78, 5) is 0. The standard InChI is InChI=1S/C14H22N2O/c15-8-7-11-4-1-2-6-13(11)14(17)12-5-3-9-16-10-12/h1-2,4,6,12,14,16-17H,3,5,7-10,15H2. The van der Waals surface area contributed by atoms with Crippen molar-refractivity contribution >= 4 is 0 Å². The van der Waals surface area contributed by atoms with Crippen LogP contribution in [0.15, 0.2) is 24.3 Å². The molecule has 1 aromatic rings. The van der Waals surface area contributed by atoms with Gasteiger partial charge in [0, 0.05) is 12.5 Å². The van der Waals surface area contributed by atoms with Crippen molar-refractivity contribution in [2.75, 3.05) is 19.6 Å². The molecule has 2 atom stereocenters. The minimum atomic E-state index is -0.356. The fraction of sp³-hybridized carbons (Fsp3) is 0.571. The molecule has 4 N–H and O–H groups in total. The summed E-state index contributed by atoms with van der Waals surface area (Å²) in [6, 6.07) is 8.11. The second-order valence-corrected chi connectivity index (χ2v) is 4.79. The van der Waals surface area contributed by atoms with Crippen LogP contribution >= 0.6 is 0 Å². The summed E-state index contributed by atoms with van der Waals surface area (Å²) in [7, 11) is 0. The molecule has 3 heteroatoms. The Balaban J connectivity index is 2.14. The fourth-order valence-corrected chi connectivity index (χ4v) is 2.61. The van der Waals surface area contributed by atoms with Gasteiger partial charge in [-0.15, -0.1) is 0 Å². The predicted molar refractivity (Wildman–Crippen MR) is 69.8 cm³/mol. The highest BCUT2D eigenvalue weighted by molar-refractivity contribution is 5.30. The average Bonchev–Trinajstić information content (AvgIpc) is 2.40. The van der Waals surface area contributed by atoms with Crippen molar-refractivity contribution in [3.05, 3.63) is 35.4 Å². The summed E-state index contributed by atoms with van der Waals surface area (Å²) in [5.41, 5.74) is 7.86. The first-order valence-electron chi connectivity index (χ1n) is 6.49. The molecule has 0 radical (unpaired) electrons. The van der Waals surface area contributed by atoms with Crippen LogP contribution in [0.3, 0.4) is 0 Å². The van der Waals surface area contributed by atoms with E-state index in [1.807, 2.05) is 18.2 Å². The van der Waals surface area contributed by atoms with Crippen LogP contribution in [0, 0.1) is 5.92 Å². The van der Waals surface area contributed by atoms with E-state index < -0.39 is 0 Å². The van der Waals surface area contributed by atoms with Gasteiger partial charge in [-0.3, -0.25) is 0 Å². The lowest BCUT2D eigenvalue weighted by Gasteiger charge is -2.28. The largest absolute Gasteiger partial charge is 0.388 e. The van der Waals surface area contributed by atoms with Gasteiger partial charge in [0.1, 0.15) is 0 Å². The maximum absolute atomic E-state index is 10.5. The van der Waals surface area contributed by atoms with Crippen molar-refractivity contribution in [3.63, 3.8) is 0 Å². The quantitative estimate of drug-likeness (QED) is 0.734. The molecule has 1 fully saturated rings. The van der Waals surface area contributed by atoms with E-state index in [4.69, 9.17) is 5.73 Å². The van der Waals surface area contributed by atoms with Crippen molar-refractivity contribution in [2.45, 2.75) is 25.4 Å². The molecule has 1 aliphatic rings. The Morgan fingerprint density at radius 2 is 2.24 bits per heavy atom. The SMILES string of the molecule is NCCc1ccccc1C(O)C1CCCNC1. The Morgan fingerprint density at radius 3 is 2.94 bits per heavy atom. The van der Waals surface area contributed by atoms with Gasteiger partial charge >= 0.3 is 0 Å². The lowest BCUT2D eigenvalue weighted by molar-refractivity contribution is 0.0914. The number of piperidine rings is 1. The van der Waals surface area contributed by atoms with Gasteiger partial charge in [-0.05, 0) is 43.5 Å². The Labute approximate surface area is 103 Å². The van der Waals surface area contributed by atoms with E-state index >= 15 is 0 Å². The van der Waals surface area contributed by atoms with E-state index in [1.54, 1.807) is 0 Å². The van der Waals surface area contributed by atoms with Crippen LogP contribution in [0.4, 0.5) is 0 Å². The first-order valence-corrected chi connectivity index (χ1v) is 6.49. The van der Waals surface area contributed by atoms with Crippen LogP contribution in [-0.2, 0) is 6.42 Å². The van der Waals surface area contributed by atoms with Gasteiger partial charge in [-0.1, -0.05) is 24.3 Å². The van der Waals surface area contributed by atoms with Gasteiger partial charge in [0.2, 0.25) is 0 Å². The molecular weight excluding hydrogens is 212 g/mol. The van der Waals surface area contributed by atoms with Crippen molar-refractivity contribution in [1.29, 1.82) is 0 Å². The number of rotatable bonds is 4. The number of hydrogen-bond donors (Lipinski definition) is 3. The average molecular weight is 234 g/mol. The predicted octanol–water partition coefficient (Wildman–Crippen LogP) is 1.22. The van der Waals surface area contributed by atoms with Crippen LogP contribution in [0.1, 0.15) is 30.1 Å². The maximum atomic E-state index is 10.5. The first kappa shape index (κ1) is 12.6. The van der Waals surface area contributed by atoms with Crippen molar-refractivity contribution in [1.82, 2.24) is 5.32 Å². The molecule has 17 heavy (non-hydrogen) atoms. The monoisotopic (exact) mass is 234 g/mol. The summed E-state index contributed by atoms with van der Waals surface area (Å²) in [6.07, 6.45) is 2.74. The number of benzene rings is 1. The van der Waals surface area contributed by atoms with Crippen LogP contribution < -0.4 is 11.1 Å². The van der Waals surface area contributed by atoms with Gasteiger partial charge in [-0.25, -0.2) is 0 Å². The minimum absolute atomic E-state index is 0.336. The molecule has 0 aliphatic carbocycles. The molecule has 1 aliphatic heterocycles. The maximum Gasteiger partial charge on any atom is 0.0833 e. The van der Waals surface area contributed by atoms with Crippen LogP contribution in [0.5, 0.6) is 0 Å². The second kappa shape index (κ2) is 6.15. The van der Waals surface area contributed by atoms with Gasteiger partial charge in [-0.2, -0.15) is 0 Å². The molecule has 2 rings (SSSR count). The van der Waals surface area contributed by atoms with E-state index in [9.17, 15) is 5.11 Å². The molecule has 0 saturated carbocycles. The first-order chi connectivity index (χ1) is 8.33. The molecule has 94 valence electrons. The van der Waals surface area contributed by atoms with E-state index in [0.717, 1.165) is 37.9 Å². The fourth-order valence-electron chi connectivity index (χ4n) is 2.61. The highest BCUT2D eigenvalue weighted by Crippen LogP contribution is 2.29. The van der Waals surface area contributed by atoms with E-state index in [0.29, 0.717) is 12.5 Å². The molecule has 0 spiro atoms. The number of nitrogens with two attached hydrogens (primary N) is 1. The third-order valence-corrected chi connectivity index (χ3v) is 3.57. The zero-order chi connectivity index (χ0) is 12.1. The van der Waals surface area contributed by atoms with Gasteiger partial charge in [0.25, 0.3) is 0 Å². The number of nitrogens with one attached hydrogen (secondary N) is 1. The van der Waals surface area contributed by atoms with Crippen LogP contribution in [0.25, 0.3) is 0 Å². The lowest BCUT2D eigenvalue weighted by Crippen LogP contribution is -2.33. The topological polar surface area (TPSA) is 58.3 Å². The van der Waals surface area contributed by atoms with Crippen molar-refractivity contribution in [2.24, 2.45) is 11.7 Å². The molecule has 0 aromatic heterocycles. The second-order valence-electron chi connectivity index (χ2n) is 4.79. The molecule has 1 saturated heterocycles. The van der Waals surface area contributed by atoms with Gasteiger partial charge in [0.05, 0.1) is 6.10 Å². The van der Waals surface area contributed by atoms with Gasteiger partial charge < -0.3 is 16.2 Å². The smallest absolute Gasteiger partial charge is 0.0833 e. The zero-order valence-electron chi connectivity index (χ0n) is 10.2. The minimum Gasteiger partial charge on any atom is -0.388 e. The van der Waals surface area contributed by atoms with Crippen LogP contribution in [-0.4, -0.2) is 24.7 Å². The third-order valence-electron chi connectivity index (χ3n) is 3.57. The molecule has 0 bridgehead atoms. The highest BCUT2D eigenvalue weighted by Gasteiger charge is 2.24. The number of aliphatic hydroxyl groups excluding tert-OH is 1. The summed E-state index contributed by atoms with van der Waals surface area (Å²) in [6.45, 7) is 2.62. The Hall–Kier alpha value is -0.900. The Morgan fingerprint density at radius 1 is 1.41 bits per heavy atom. The summed E-state index contributed by atoms with van der Waals surface area (Å²) < 4.78 is 0. The molecular formula is C14H22N2O. The normalized spacial score (nSPS) is 22.4. The van der Waals surface area contributed by atoms with Crippen molar-refractivity contribution < 1.29 is 5.11 Å². The van der Waals surface area contributed by atoms with E-state index in [-0.39, 0.29) is 6.10 Å². The molecule has 2 unspecified atom stereocenters. The summed E-state index contributed by atoms with van der Waals surface area (Å²) >= 11 is 0. The lowest BCUT2D eigenvalue weighted by atomic mass is 9.87. The number of aliphatic hydroxyl groups is 1. The number of hydrogen-bond acceptors (Lipinski definition) is 3.